The molecule has 3 rings (SSSR count). The molecule has 1 N–H and O–H groups in total. The van der Waals surface area contributed by atoms with Crippen LogP contribution in [0.25, 0.3) is 10.9 Å². The molecule has 27 heavy (non-hydrogen) atoms. The van der Waals surface area contributed by atoms with E-state index in [-0.39, 0.29) is 11.0 Å². The monoisotopic (exact) mass is 365 g/mol. The molecule has 5 nitrogen and oxygen atoms in total. The molecule has 0 saturated heterocycles. The smallest absolute Gasteiger partial charge is 0.343 e. The van der Waals surface area contributed by atoms with E-state index < -0.39 is 5.97 Å². The number of aromatic amines is 1. The number of hydrogen-bond donors (Lipinski definition) is 1. The molecule has 0 atom stereocenters. The largest absolute Gasteiger partial charge is 0.489 e. The first-order valence-electron chi connectivity index (χ1n) is 8.93. The van der Waals surface area contributed by atoms with Gasteiger partial charge in [0.05, 0.1) is 12.6 Å². The summed E-state index contributed by atoms with van der Waals surface area (Å²) in [5.74, 6) is 0.485. The Morgan fingerprint density at radius 3 is 2.56 bits per heavy atom. The molecule has 3 aromatic rings. The maximum atomic E-state index is 12.7. The van der Waals surface area contributed by atoms with Crippen molar-refractivity contribution in [3.05, 3.63) is 75.6 Å². The van der Waals surface area contributed by atoms with Crippen molar-refractivity contribution < 1.29 is 14.3 Å². The summed E-state index contributed by atoms with van der Waals surface area (Å²) in [5.41, 5.74) is 2.31. The summed E-state index contributed by atoms with van der Waals surface area (Å²) in [6, 6.07) is 13.6. The lowest BCUT2D eigenvalue weighted by Crippen LogP contribution is -2.17. The van der Waals surface area contributed by atoms with E-state index >= 15 is 0 Å². The van der Waals surface area contributed by atoms with Crippen LogP contribution in [0, 0.1) is 5.92 Å². The number of pyridine rings is 1. The molecule has 0 saturated carbocycles. The summed E-state index contributed by atoms with van der Waals surface area (Å²) in [6.07, 6.45) is 2.15. The summed E-state index contributed by atoms with van der Waals surface area (Å²) in [4.78, 5) is 27.5. The Morgan fingerprint density at radius 1 is 1.15 bits per heavy atom. The first-order valence-corrected chi connectivity index (χ1v) is 8.93. The Kier molecular flexibility index (Phi) is 5.60. The van der Waals surface area contributed by atoms with Crippen molar-refractivity contribution in [3.63, 3.8) is 0 Å². The topological polar surface area (TPSA) is 68.4 Å². The first kappa shape index (κ1) is 18.7. The van der Waals surface area contributed by atoms with Gasteiger partial charge in [-0.3, -0.25) is 4.79 Å². The quantitative estimate of drug-likeness (QED) is 0.668. The van der Waals surface area contributed by atoms with Crippen LogP contribution in [0.3, 0.4) is 0 Å². The lowest BCUT2D eigenvalue weighted by atomic mass is 9.99. The van der Waals surface area contributed by atoms with Crippen LogP contribution in [0.1, 0.15) is 35.3 Å². The van der Waals surface area contributed by atoms with E-state index in [1.807, 2.05) is 42.5 Å². The van der Waals surface area contributed by atoms with E-state index in [2.05, 4.69) is 23.6 Å². The number of hydrogen-bond acceptors (Lipinski definition) is 4. The lowest BCUT2D eigenvalue weighted by Gasteiger charge is -2.15. The summed E-state index contributed by atoms with van der Waals surface area (Å²) >= 11 is 0. The van der Waals surface area contributed by atoms with Crippen molar-refractivity contribution in [1.82, 2.24) is 4.98 Å². The van der Waals surface area contributed by atoms with E-state index in [0.29, 0.717) is 23.4 Å². The van der Waals surface area contributed by atoms with Crippen molar-refractivity contribution in [1.29, 1.82) is 0 Å². The average molecular weight is 365 g/mol. The highest BCUT2D eigenvalue weighted by atomic mass is 16.5. The molecule has 140 valence electrons. The zero-order chi connectivity index (χ0) is 19.4. The van der Waals surface area contributed by atoms with E-state index in [1.54, 1.807) is 0 Å². The zero-order valence-corrected chi connectivity index (χ0v) is 15.7. The first-order chi connectivity index (χ1) is 13.0. The second-order valence-corrected chi connectivity index (χ2v) is 6.90. The number of H-pyrrole nitrogens is 1. The van der Waals surface area contributed by atoms with Crippen molar-refractivity contribution >= 4 is 16.9 Å². The van der Waals surface area contributed by atoms with Gasteiger partial charge < -0.3 is 14.5 Å². The second kappa shape index (κ2) is 8.08. The third kappa shape index (κ3) is 4.19. The van der Waals surface area contributed by atoms with Gasteiger partial charge in [-0.2, -0.15) is 0 Å². The van der Waals surface area contributed by atoms with Crippen LogP contribution in [-0.4, -0.2) is 18.1 Å². The third-order valence-corrected chi connectivity index (χ3v) is 4.33. The molecule has 0 aliphatic rings. The standard InChI is InChI=1S/C22H23NO4/c1-14(2)9-16-10-17-19(23-12-18(21(17)24)22(25)26-3)11-20(16)27-13-15-7-5-4-6-8-15/h4-8,10-12,14H,9,13H2,1-3H3,(H,23,24). The van der Waals surface area contributed by atoms with E-state index in [4.69, 9.17) is 4.74 Å². The van der Waals surface area contributed by atoms with E-state index in [1.165, 1.54) is 13.3 Å². The minimum absolute atomic E-state index is 0.00143. The molecule has 0 amide bonds. The minimum Gasteiger partial charge on any atom is -0.489 e. The number of carbonyl (C=O) groups is 1. The number of methoxy groups -OCH3 is 1. The molecule has 2 aromatic carbocycles. The van der Waals surface area contributed by atoms with Crippen LogP contribution in [0.15, 0.2) is 53.5 Å². The van der Waals surface area contributed by atoms with Crippen LogP contribution in [0.4, 0.5) is 0 Å². The number of rotatable bonds is 6. The average Bonchev–Trinajstić information content (AvgIpc) is 2.67. The predicted octanol–water partition coefficient (Wildman–Crippen LogP) is 4.09. The molecular formula is C22H23NO4. The SMILES string of the molecule is COC(=O)c1c[nH]c2cc(OCc3ccccc3)c(CC(C)C)cc2c1=O. The van der Waals surface area contributed by atoms with Gasteiger partial charge in [0.25, 0.3) is 0 Å². The fourth-order valence-corrected chi connectivity index (χ4v) is 3.02. The highest BCUT2D eigenvalue weighted by Crippen LogP contribution is 2.27. The molecule has 0 radical (unpaired) electrons. The van der Waals surface area contributed by atoms with Crippen LogP contribution in [0.2, 0.25) is 0 Å². The molecule has 0 fully saturated rings. The molecular weight excluding hydrogens is 342 g/mol. The van der Waals surface area contributed by atoms with Gasteiger partial charge in [0.2, 0.25) is 5.43 Å². The molecule has 0 aliphatic heterocycles. The maximum Gasteiger partial charge on any atom is 0.343 e. The highest BCUT2D eigenvalue weighted by molar-refractivity contribution is 5.93. The van der Waals surface area contributed by atoms with Crippen LogP contribution >= 0.6 is 0 Å². The predicted molar refractivity (Wildman–Crippen MR) is 105 cm³/mol. The summed E-state index contributed by atoms with van der Waals surface area (Å²) in [5, 5.41) is 0.459. The van der Waals surface area contributed by atoms with Crippen LogP contribution in [0.5, 0.6) is 5.75 Å². The molecule has 1 heterocycles. The highest BCUT2D eigenvalue weighted by Gasteiger charge is 2.16. The second-order valence-electron chi connectivity index (χ2n) is 6.90. The number of benzene rings is 2. The Balaban J connectivity index is 2.04. The van der Waals surface area contributed by atoms with Crippen molar-refractivity contribution in [2.45, 2.75) is 26.9 Å². The van der Waals surface area contributed by atoms with Gasteiger partial charge in [-0.25, -0.2) is 4.79 Å². The van der Waals surface area contributed by atoms with E-state index in [9.17, 15) is 9.59 Å². The Morgan fingerprint density at radius 2 is 1.89 bits per heavy atom. The van der Waals surface area contributed by atoms with E-state index in [0.717, 1.165) is 23.3 Å². The lowest BCUT2D eigenvalue weighted by molar-refractivity contribution is 0.0599. The number of carbonyl (C=O) groups excluding carboxylic acids is 1. The van der Waals surface area contributed by atoms with Gasteiger partial charge >= 0.3 is 5.97 Å². The Bertz CT molecular complexity index is 1010. The van der Waals surface area contributed by atoms with Gasteiger partial charge in [0, 0.05) is 17.6 Å². The number of ether oxygens (including phenoxy) is 2. The van der Waals surface area contributed by atoms with Gasteiger partial charge in [-0.05, 0) is 29.5 Å². The third-order valence-electron chi connectivity index (χ3n) is 4.33. The summed E-state index contributed by atoms with van der Waals surface area (Å²) in [7, 11) is 1.26. The van der Waals surface area contributed by atoms with Gasteiger partial charge in [0.1, 0.15) is 17.9 Å². The zero-order valence-electron chi connectivity index (χ0n) is 15.7. The van der Waals surface area contributed by atoms with Gasteiger partial charge in [-0.1, -0.05) is 44.2 Å². The molecule has 0 aliphatic carbocycles. The van der Waals surface area contributed by atoms with Crippen LogP contribution in [-0.2, 0) is 17.8 Å². The van der Waals surface area contributed by atoms with Gasteiger partial charge in [0.15, 0.2) is 0 Å². The molecule has 0 spiro atoms. The molecule has 1 aromatic heterocycles. The Labute approximate surface area is 157 Å². The maximum absolute atomic E-state index is 12.7. The Hall–Kier alpha value is -3.08. The fraction of sp³-hybridized carbons (Fsp3) is 0.273. The number of nitrogens with one attached hydrogen (secondary N) is 1. The number of aromatic nitrogens is 1. The van der Waals surface area contributed by atoms with Crippen molar-refractivity contribution in [3.8, 4) is 5.75 Å². The molecule has 0 bridgehead atoms. The summed E-state index contributed by atoms with van der Waals surface area (Å²) in [6.45, 7) is 4.67. The van der Waals surface area contributed by atoms with Gasteiger partial charge in [-0.15, -0.1) is 0 Å². The summed E-state index contributed by atoms with van der Waals surface area (Å²) < 4.78 is 10.7. The van der Waals surface area contributed by atoms with Crippen LogP contribution < -0.4 is 10.2 Å². The van der Waals surface area contributed by atoms with Crippen molar-refractivity contribution in [2.24, 2.45) is 5.92 Å². The molecule has 0 unspecified atom stereocenters. The number of fused-ring (bicyclic) bond motifs is 1. The molecule has 5 heteroatoms. The fourth-order valence-electron chi connectivity index (χ4n) is 3.02. The number of esters is 1. The normalized spacial score (nSPS) is 11.0. The minimum atomic E-state index is -0.645. The van der Waals surface area contributed by atoms with Crippen molar-refractivity contribution in [2.75, 3.05) is 7.11 Å².